The number of carbonyl (C=O) groups is 1. The molecule has 0 saturated carbocycles. The molecule has 29 heavy (non-hydrogen) atoms. The van der Waals surface area contributed by atoms with Crippen molar-refractivity contribution >= 4 is 17.5 Å². The first-order valence-corrected chi connectivity index (χ1v) is 9.55. The molecule has 1 aromatic heterocycles. The summed E-state index contributed by atoms with van der Waals surface area (Å²) >= 11 is 0. The van der Waals surface area contributed by atoms with Crippen molar-refractivity contribution in [1.82, 2.24) is 9.97 Å². The van der Waals surface area contributed by atoms with Gasteiger partial charge in [-0.25, -0.2) is 9.97 Å². The van der Waals surface area contributed by atoms with Gasteiger partial charge in [-0.1, -0.05) is 18.2 Å². The van der Waals surface area contributed by atoms with Gasteiger partial charge < -0.3 is 15.4 Å². The van der Waals surface area contributed by atoms with E-state index in [1.165, 1.54) is 5.56 Å². The zero-order valence-electron chi connectivity index (χ0n) is 17.2. The molecule has 0 fully saturated rings. The number of nitrogens with zero attached hydrogens (tertiary/aromatic N) is 2. The molecule has 0 atom stereocenters. The van der Waals surface area contributed by atoms with E-state index in [1.54, 1.807) is 13.2 Å². The van der Waals surface area contributed by atoms with Crippen LogP contribution in [0.5, 0.6) is 5.75 Å². The number of aromatic nitrogens is 2. The van der Waals surface area contributed by atoms with E-state index in [-0.39, 0.29) is 5.91 Å². The third-order valence-corrected chi connectivity index (χ3v) is 4.68. The summed E-state index contributed by atoms with van der Waals surface area (Å²) in [7, 11) is 1.66. The van der Waals surface area contributed by atoms with Crippen molar-refractivity contribution < 1.29 is 9.53 Å². The molecule has 2 N–H and O–H groups in total. The Hall–Kier alpha value is -3.41. The molecule has 1 amide bonds. The number of benzene rings is 2. The Kier molecular flexibility index (Phi) is 6.44. The minimum atomic E-state index is -0.255. The minimum Gasteiger partial charge on any atom is -0.497 e. The molecule has 150 valence electrons. The number of anilines is 2. The van der Waals surface area contributed by atoms with Crippen LogP contribution in [0.15, 0.2) is 48.5 Å². The van der Waals surface area contributed by atoms with Crippen LogP contribution < -0.4 is 15.4 Å². The largest absolute Gasteiger partial charge is 0.497 e. The molecule has 1 heterocycles. The van der Waals surface area contributed by atoms with Crippen molar-refractivity contribution in [2.45, 2.75) is 27.2 Å². The molecule has 0 unspecified atom stereocenters. The standard InChI is InChI=1S/C23H26N4O2/c1-15-8-9-19(12-16(15)2)26-22(28)21-13-17(3)25-23(27-21)24-11-10-18-6-5-7-20(14-18)29-4/h5-9,12-14H,10-11H2,1-4H3,(H,26,28)(H,24,25,27). The van der Waals surface area contributed by atoms with Crippen LogP contribution in [0.4, 0.5) is 11.6 Å². The first-order chi connectivity index (χ1) is 13.9. The Morgan fingerprint density at radius 1 is 1.00 bits per heavy atom. The maximum atomic E-state index is 12.6. The molecular weight excluding hydrogens is 364 g/mol. The average Bonchev–Trinajstić information content (AvgIpc) is 2.70. The van der Waals surface area contributed by atoms with Gasteiger partial charge in [-0.15, -0.1) is 0 Å². The lowest BCUT2D eigenvalue weighted by Gasteiger charge is -2.10. The maximum absolute atomic E-state index is 12.6. The van der Waals surface area contributed by atoms with E-state index in [4.69, 9.17) is 4.74 Å². The molecule has 0 saturated heterocycles. The highest BCUT2D eigenvalue weighted by atomic mass is 16.5. The number of amides is 1. The van der Waals surface area contributed by atoms with Crippen LogP contribution >= 0.6 is 0 Å². The molecule has 6 heteroatoms. The molecule has 0 aliphatic heterocycles. The molecule has 0 spiro atoms. The van der Waals surface area contributed by atoms with Crippen molar-refractivity contribution in [1.29, 1.82) is 0 Å². The SMILES string of the molecule is COc1cccc(CCNc2nc(C)cc(C(=O)Nc3ccc(C)c(C)c3)n2)c1. The van der Waals surface area contributed by atoms with E-state index in [0.29, 0.717) is 18.2 Å². The highest BCUT2D eigenvalue weighted by Gasteiger charge is 2.11. The Morgan fingerprint density at radius 3 is 2.59 bits per heavy atom. The quantitative estimate of drug-likeness (QED) is 0.628. The summed E-state index contributed by atoms with van der Waals surface area (Å²) < 4.78 is 5.25. The second-order valence-corrected chi connectivity index (χ2v) is 7.00. The molecule has 0 bridgehead atoms. The Labute approximate surface area is 171 Å². The average molecular weight is 390 g/mol. The molecule has 0 aliphatic rings. The number of ether oxygens (including phenoxy) is 1. The van der Waals surface area contributed by atoms with Gasteiger partial charge in [0.15, 0.2) is 0 Å². The normalized spacial score (nSPS) is 10.5. The monoisotopic (exact) mass is 390 g/mol. The highest BCUT2D eigenvalue weighted by molar-refractivity contribution is 6.03. The number of hydrogen-bond donors (Lipinski definition) is 2. The van der Waals surface area contributed by atoms with Gasteiger partial charge in [0.25, 0.3) is 5.91 Å². The second kappa shape index (κ2) is 9.19. The number of carbonyl (C=O) groups excluding carboxylic acids is 1. The number of nitrogens with one attached hydrogen (secondary N) is 2. The molecule has 3 aromatic rings. The summed E-state index contributed by atoms with van der Waals surface area (Å²) in [5, 5.41) is 6.11. The first-order valence-electron chi connectivity index (χ1n) is 9.55. The topological polar surface area (TPSA) is 76.1 Å². The third kappa shape index (κ3) is 5.54. The molecule has 0 aliphatic carbocycles. The van der Waals surface area contributed by atoms with Gasteiger partial charge in [0.2, 0.25) is 5.95 Å². The van der Waals surface area contributed by atoms with Crippen molar-refractivity contribution in [3.05, 3.63) is 76.6 Å². The molecule has 3 rings (SSSR count). The highest BCUT2D eigenvalue weighted by Crippen LogP contribution is 2.16. The van der Waals surface area contributed by atoms with E-state index >= 15 is 0 Å². The summed E-state index contributed by atoms with van der Waals surface area (Å²) in [5.74, 6) is 1.02. The fourth-order valence-electron chi connectivity index (χ4n) is 2.92. The predicted octanol–water partition coefficient (Wildman–Crippen LogP) is 4.32. The number of methoxy groups -OCH3 is 1. The lowest BCUT2D eigenvalue weighted by atomic mass is 10.1. The Morgan fingerprint density at radius 2 is 1.83 bits per heavy atom. The van der Waals surface area contributed by atoms with Gasteiger partial charge in [-0.3, -0.25) is 4.79 Å². The third-order valence-electron chi connectivity index (χ3n) is 4.68. The summed E-state index contributed by atoms with van der Waals surface area (Å²) in [4.78, 5) is 21.4. The van der Waals surface area contributed by atoms with Crippen LogP contribution in [0, 0.1) is 20.8 Å². The summed E-state index contributed by atoms with van der Waals surface area (Å²) in [6, 6.07) is 15.4. The Balaban J connectivity index is 1.65. The second-order valence-electron chi connectivity index (χ2n) is 7.00. The first kappa shape index (κ1) is 20.3. The van der Waals surface area contributed by atoms with Gasteiger partial charge in [-0.2, -0.15) is 0 Å². The smallest absolute Gasteiger partial charge is 0.274 e. The lowest BCUT2D eigenvalue weighted by Crippen LogP contribution is -2.17. The number of rotatable bonds is 7. The minimum absolute atomic E-state index is 0.255. The maximum Gasteiger partial charge on any atom is 0.274 e. The molecular formula is C23H26N4O2. The summed E-state index contributed by atoms with van der Waals surface area (Å²) in [6.07, 6.45) is 0.790. The van der Waals surface area contributed by atoms with E-state index < -0.39 is 0 Å². The molecule has 0 radical (unpaired) electrons. The van der Waals surface area contributed by atoms with Crippen molar-refractivity contribution in [3.63, 3.8) is 0 Å². The summed E-state index contributed by atoms with van der Waals surface area (Å²) in [6.45, 7) is 6.55. The van der Waals surface area contributed by atoms with E-state index in [1.807, 2.05) is 63.2 Å². The van der Waals surface area contributed by atoms with Crippen LogP contribution in [0.3, 0.4) is 0 Å². The van der Waals surface area contributed by atoms with Crippen molar-refractivity contribution in [2.24, 2.45) is 0 Å². The summed E-state index contributed by atoms with van der Waals surface area (Å²) in [5.41, 5.74) is 5.28. The fraction of sp³-hybridized carbons (Fsp3) is 0.261. The van der Waals surface area contributed by atoms with E-state index in [2.05, 4.69) is 20.6 Å². The van der Waals surface area contributed by atoms with Crippen LogP contribution in [0.25, 0.3) is 0 Å². The number of aryl methyl sites for hydroxylation is 3. The van der Waals surface area contributed by atoms with Crippen LogP contribution in [0.1, 0.15) is 32.9 Å². The molecule has 6 nitrogen and oxygen atoms in total. The van der Waals surface area contributed by atoms with E-state index in [0.717, 1.165) is 34.7 Å². The predicted molar refractivity (Wildman–Crippen MR) is 116 cm³/mol. The zero-order chi connectivity index (χ0) is 20.8. The van der Waals surface area contributed by atoms with Crippen LogP contribution in [0.2, 0.25) is 0 Å². The van der Waals surface area contributed by atoms with Gasteiger partial charge in [0.05, 0.1) is 7.11 Å². The van der Waals surface area contributed by atoms with Crippen LogP contribution in [-0.2, 0) is 6.42 Å². The number of hydrogen-bond acceptors (Lipinski definition) is 5. The van der Waals surface area contributed by atoms with E-state index in [9.17, 15) is 4.79 Å². The van der Waals surface area contributed by atoms with Gasteiger partial charge in [0, 0.05) is 17.9 Å². The fourth-order valence-corrected chi connectivity index (χ4v) is 2.92. The van der Waals surface area contributed by atoms with Crippen molar-refractivity contribution in [3.8, 4) is 5.75 Å². The molecule has 2 aromatic carbocycles. The zero-order valence-corrected chi connectivity index (χ0v) is 17.2. The van der Waals surface area contributed by atoms with Gasteiger partial charge >= 0.3 is 0 Å². The lowest BCUT2D eigenvalue weighted by molar-refractivity contribution is 0.102. The van der Waals surface area contributed by atoms with Gasteiger partial charge in [-0.05, 0) is 74.2 Å². The van der Waals surface area contributed by atoms with Crippen molar-refractivity contribution in [2.75, 3.05) is 24.3 Å². The van der Waals surface area contributed by atoms with Gasteiger partial charge in [0.1, 0.15) is 11.4 Å². The van der Waals surface area contributed by atoms with Crippen LogP contribution in [-0.4, -0.2) is 29.5 Å². The Bertz CT molecular complexity index is 1020.